The maximum absolute atomic E-state index is 13.6. The van der Waals surface area contributed by atoms with Gasteiger partial charge in [-0.2, -0.15) is 0 Å². The van der Waals surface area contributed by atoms with Crippen molar-refractivity contribution >= 4 is 34.4 Å². The van der Waals surface area contributed by atoms with Crippen molar-refractivity contribution in [3.63, 3.8) is 0 Å². The van der Waals surface area contributed by atoms with Crippen LogP contribution in [-0.4, -0.2) is 24.9 Å². The summed E-state index contributed by atoms with van der Waals surface area (Å²) in [6.07, 6.45) is 2.44. The lowest BCUT2D eigenvalue weighted by Crippen LogP contribution is -2.32. The number of imide groups is 1. The number of rotatable bonds is 5. The van der Waals surface area contributed by atoms with Gasteiger partial charge in [-0.25, -0.2) is 4.90 Å². The highest BCUT2D eigenvalue weighted by atomic mass is 16.2. The van der Waals surface area contributed by atoms with Gasteiger partial charge in [0, 0.05) is 24.5 Å². The minimum absolute atomic E-state index is 0.304. The number of hydrogen-bond acceptors (Lipinski definition) is 4. The smallest absolute Gasteiger partial charge is 0.282 e. The Labute approximate surface area is 194 Å². The van der Waals surface area contributed by atoms with E-state index in [1.165, 1.54) is 23.4 Å². The SMILES string of the molecule is Cc1ccc(N2C(=O)C(Nc3ccc(N4CCCC4)cc3)=C(c3ccccc3)C2=O)cc1C. The predicted molar refractivity (Wildman–Crippen MR) is 133 cm³/mol. The van der Waals surface area contributed by atoms with E-state index in [0.29, 0.717) is 17.0 Å². The average Bonchev–Trinajstić information content (AvgIpc) is 3.44. The average molecular weight is 438 g/mol. The summed E-state index contributed by atoms with van der Waals surface area (Å²) in [5.41, 5.74) is 6.12. The Morgan fingerprint density at radius 1 is 0.727 bits per heavy atom. The molecule has 0 aliphatic carbocycles. The Morgan fingerprint density at radius 2 is 1.39 bits per heavy atom. The Balaban J connectivity index is 1.51. The van der Waals surface area contributed by atoms with E-state index in [4.69, 9.17) is 0 Å². The number of nitrogens with one attached hydrogen (secondary N) is 1. The first-order chi connectivity index (χ1) is 16.0. The second kappa shape index (κ2) is 8.58. The van der Waals surface area contributed by atoms with Gasteiger partial charge in [0.2, 0.25) is 0 Å². The van der Waals surface area contributed by atoms with Crippen molar-refractivity contribution < 1.29 is 9.59 Å². The first kappa shape index (κ1) is 21.0. The normalized spacial score (nSPS) is 16.2. The van der Waals surface area contributed by atoms with Crippen LogP contribution in [0, 0.1) is 13.8 Å². The van der Waals surface area contributed by atoms with Gasteiger partial charge in [0.15, 0.2) is 0 Å². The van der Waals surface area contributed by atoms with Crippen LogP contribution in [0.15, 0.2) is 78.5 Å². The Morgan fingerprint density at radius 3 is 2.06 bits per heavy atom. The van der Waals surface area contributed by atoms with Gasteiger partial charge in [0.1, 0.15) is 5.70 Å². The number of nitrogens with zero attached hydrogens (tertiary/aromatic N) is 2. The van der Waals surface area contributed by atoms with Gasteiger partial charge >= 0.3 is 0 Å². The summed E-state index contributed by atoms with van der Waals surface area (Å²) in [7, 11) is 0. The first-order valence-corrected chi connectivity index (χ1v) is 11.4. The number of anilines is 3. The van der Waals surface area contributed by atoms with E-state index < -0.39 is 0 Å². The van der Waals surface area contributed by atoms with Crippen LogP contribution in [0.5, 0.6) is 0 Å². The summed E-state index contributed by atoms with van der Waals surface area (Å²) < 4.78 is 0. The van der Waals surface area contributed by atoms with Crippen molar-refractivity contribution in [2.24, 2.45) is 0 Å². The summed E-state index contributed by atoms with van der Waals surface area (Å²) in [5, 5.41) is 3.26. The quantitative estimate of drug-likeness (QED) is 0.551. The summed E-state index contributed by atoms with van der Waals surface area (Å²) in [6, 6.07) is 23.1. The lowest BCUT2D eigenvalue weighted by molar-refractivity contribution is -0.120. The van der Waals surface area contributed by atoms with Crippen molar-refractivity contribution in [1.82, 2.24) is 0 Å². The van der Waals surface area contributed by atoms with Crippen molar-refractivity contribution in [2.45, 2.75) is 26.7 Å². The molecule has 2 aliphatic rings. The van der Waals surface area contributed by atoms with Crippen molar-refractivity contribution in [3.8, 4) is 0 Å². The molecule has 3 aromatic rings. The van der Waals surface area contributed by atoms with E-state index >= 15 is 0 Å². The van der Waals surface area contributed by atoms with Crippen LogP contribution in [-0.2, 0) is 9.59 Å². The number of carbonyl (C=O) groups is 2. The number of benzene rings is 3. The summed E-state index contributed by atoms with van der Waals surface area (Å²) in [5.74, 6) is -0.656. The van der Waals surface area contributed by atoms with Crippen LogP contribution in [0.4, 0.5) is 17.1 Å². The highest BCUT2D eigenvalue weighted by molar-refractivity contribution is 6.46. The second-order valence-electron chi connectivity index (χ2n) is 8.70. The molecule has 0 atom stereocenters. The Hall–Kier alpha value is -3.86. The minimum atomic E-state index is -0.342. The number of carbonyl (C=O) groups excluding carboxylic acids is 2. The summed E-state index contributed by atoms with van der Waals surface area (Å²) in [6.45, 7) is 6.15. The summed E-state index contributed by atoms with van der Waals surface area (Å²) >= 11 is 0. The fourth-order valence-electron chi connectivity index (χ4n) is 4.49. The van der Waals surface area contributed by atoms with Crippen LogP contribution in [0.3, 0.4) is 0 Å². The summed E-state index contributed by atoms with van der Waals surface area (Å²) in [4.78, 5) is 30.7. The van der Waals surface area contributed by atoms with E-state index in [2.05, 4.69) is 22.3 Å². The van der Waals surface area contributed by atoms with E-state index in [-0.39, 0.29) is 11.8 Å². The molecule has 3 aromatic carbocycles. The molecule has 2 heterocycles. The van der Waals surface area contributed by atoms with Gasteiger partial charge in [-0.15, -0.1) is 0 Å². The minimum Gasteiger partial charge on any atom is -0.372 e. The van der Waals surface area contributed by atoms with Gasteiger partial charge in [0.25, 0.3) is 11.8 Å². The molecule has 2 aliphatic heterocycles. The zero-order valence-electron chi connectivity index (χ0n) is 19.0. The van der Waals surface area contributed by atoms with Crippen molar-refractivity contribution in [3.05, 3.63) is 95.2 Å². The molecule has 0 spiro atoms. The van der Waals surface area contributed by atoms with Gasteiger partial charge in [-0.05, 0) is 79.8 Å². The third-order valence-corrected chi connectivity index (χ3v) is 6.50. The van der Waals surface area contributed by atoms with Crippen molar-refractivity contribution in [2.75, 3.05) is 28.2 Å². The van der Waals surface area contributed by atoms with E-state index in [1.54, 1.807) is 0 Å². The molecule has 2 amide bonds. The first-order valence-electron chi connectivity index (χ1n) is 11.4. The van der Waals surface area contributed by atoms with Crippen molar-refractivity contribution in [1.29, 1.82) is 0 Å². The van der Waals surface area contributed by atoms with Crippen LogP contribution in [0.2, 0.25) is 0 Å². The maximum Gasteiger partial charge on any atom is 0.282 e. The predicted octanol–water partition coefficient (Wildman–Crippen LogP) is 5.30. The molecule has 0 bridgehead atoms. The molecule has 0 saturated carbocycles. The molecule has 0 aromatic heterocycles. The van der Waals surface area contributed by atoms with Crippen LogP contribution >= 0.6 is 0 Å². The molecule has 1 fully saturated rings. The molecule has 1 N–H and O–H groups in total. The van der Waals surface area contributed by atoms with E-state index in [1.807, 2.05) is 74.5 Å². The Bertz CT molecular complexity index is 1240. The zero-order valence-corrected chi connectivity index (χ0v) is 19.0. The molecule has 166 valence electrons. The standard InChI is InChI=1S/C28H27N3O2/c1-19-10-13-24(18-20(19)2)31-27(32)25(21-8-4-3-5-9-21)26(28(31)33)29-22-11-14-23(15-12-22)30-16-6-7-17-30/h3-5,8-15,18,29H,6-7,16-17H2,1-2H3. The molecular weight excluding hydrogens is 410 g/mol. The second-order valence-corrected chi connectivity index (χ2v) is 8.70. The number of amides is 2. The lowest BCUT2D eigenvalue weighted by atomic mass is 10.0. The fraction of sp³-hybridized carbons (Fsp3) is 0.214. The molecule has 0 unspecified atom stereocenters. The highest BCUT2D eigenvalue weighted by Crippen LogP contribution is 2.34. The lowest BCUT2D eigenvalue weighted by Gasteiger charge is -2.18. The third kappa shape index (κ3) is 3.91. The van der Waals surface area contributed by atoms with E-state index in [9.17, 15) is 9.59 Å². The largest absolute Gasteiger partial charge is 0.372 e. The maximum atomic E-state index is 13.6. The zero-order chi connectivity index (χ0) is 22.9. The molecule has 1 saturated heterocycles. The van der Waals surface area contributed by atoms with Gasteiger partial charge in [0.05, 0.1) is 11.3 Å². The highest BCUT2D eigenvalue weighted by Gasteiger charge is 2.40. The monoisotopic (exact) mass is 437 g/mol. The van der Waals surface area contributed by atoms with E-state index in [0.717, 1.165) is 35.5 Å². The van der Waals surface area contributed by atoms with Gasteiger partial charge in [-0.1, -0.05) is 36.4 Å². The van der Waals surface area contributed by atoms with Gasteiger partial charge < -0.3 is 10.2 Å². The molecule has 5 nitrogen and oxygen atoms in total. The fourth-order valence-corrected chi connectivity index (χ4v) is 4.49. The molecule has 33 heavy (non-hydrogen) atoms. The molecule has 0 radical (unpaired) electrons. The molecule has 5 rings (SSSR count). The third-order valence-electron chi connectivity index (χ3n) is 6.50. The number of hydrogen-bond donors (Lipinski definition) is 1. The van der Waals surface area contributed by atoms with Crippen LogP contribution < -0.4 is 15.1 Å². The number of aryl methyl sites for hydroxylation is 2. The van der Waals surface area contributed by atoms with Crippen LogP contribution in [0.1, 0.15) is 29.5 Å². The van der Waals surface area contributed by atoms with Gasteiger partial charge in [-0.3, -0.25) is 9.59 Å². The Kier molecular flexibility index (Phi) is 5.47. The molecular formula is C28H27N3O2. The molecule has 5 heteroatoms. The topological polar surface area (TPSA) is 52.7 Å². The van der Waals surface area contributed by atoms with Crippen LogP contribution in [0.25, 0.3) is 5.57 Å².